The van der Waals surface area contributed by atoms with Gasteiger partial charge in [-0.05, 0) is 29.8 Å². The third-order valence-electron chi connectivity index (χ3n) is 3.77. The molecule has 0 fully saturated rings. The Morgan fingerprint density at radius 1 is 0.917 bits per heavy atom. The van der Waals surface area contributed by atoms with E-state index >= 15 is 0 Å². The molecule has 0 unspecified atom stereocenters. The van der Waals surface area contributed by atoms with Gasteiger partial charge >= 0.3 is 0 Å². The van der Waals surface area contributed by atoms with E-state index < -0.39 is 0 Å². The van der Waals surface area contributed by atoms with Gasteiger partial charge in [-0.3, -0.25) is 0 Å². The Bertz CT molecular complexity index is 868. The molecule has 0 saturated heterocycles. The van der Waals surface area contributed by atoms with Gasteiger partial charge in [0.05, 0.1) is 5.69 Å². The highest BCUT2D eigenvalue weighted by Gasteiger charge is 2.21. The molecule has 0 bridgehead atoms. The van der Waals surface area contributed by atoms with Crippen LogP contribution in [0.15, 0.2) is 54.7 Å². The van der Waals surface area contributed by atoms with Crippen LogP contribution in [0.1, 0.15) is 26.6 Å². The third kappa shape index (κ3) is 3.13. The van der Waals surface area contributed by atoms with Gasteiger partial charge in [0.1, 0.15) is 17.4 Å². The zero-order valence-electron chi connectivity index (χ0n) is 13.9. The monoisotopic (exact) mass is 322 g/mol. The summed E-state index contributed by atoms with van der Waals surface area (Å²) in [4.78, 5) is 9.19. The predicted octanol–water partition coefficient (Wildman–Crippen LogP) is 4.95. The second-order valence-electron chi connectivity index (χ2n) is 6.73. The van der Waals surface area contributed by atoms with E-state index in [-0.39, 0.29) is 17.0 Å². The number of phenolic OH excluding ortho intramolecular Hbond substituents is 1. The number of hydrogen-bond acceptors (Lipinski definition) is 3. The maximum Gasteiger partial charge on any atom is 0.134 e. The van der Waals surface area contributed by atoms with Crippen molar-refractivity contribution in [1.29, 1.82) is 0 Å². The van der Waals surface area contributed by atoms with Crippen LogP contribution >= 0.6 is 0 Å². The van der Waals surface area contributed by atoms with Crippen molar-refractivity contribution in [1.82, 2.24) is 9.97 Å². The first-order valence-electron chi connectivity index (χ1n) is 7.78. The molecule has 1 N–H and O–H groups in total. The lowest BCUT2D eigenvalue weighted by molar-refractivity contribution is 0.477. The van der Waals surface area contributed by atoms with E-state index in [0.717, 1.165) is 11.1 Å². The number of rotatable bonds is 2. The van der Waals surface area contributed by atoms with E-state index in [0.29, 0.717) is 17.1 Å². The zero-order valence-corrected chi connectivity index (χ0v) is 13.9. The lowest BCUT2D eigenvalue weighted by Gasteiger charge is -2.19. The summed E-state index contributed by atoms with van der Waals surface area (Å²) in [6.45, 7) is 6.11. The van der Waals surface area contributed by atoms with Crippen molar-refractivity contribution >= 4 is 0 Å². The lowest BCUT2D eigenvalue weighted by atomic mass is 9.94. The molecule has 0 spiro atoms. The minimum Gasteiger partial charge on any atom is -0.507 e. The van der Waals surface area contributed by atoms with Crippen LogP contribution in [0.25, 0.3) is 22.4 Å². The minimum absolute atomic E-state index is 0.152. The normalized spacial score (nSPS) is 11.5. The molecule has 0 saturated carbocycles. The van der Waals surface area contributed by atoms with Crippen LogP contribution in [0.5, 0.6) is 5.75 Å². The highest BCUT2D eigenvalue weighted by atomic mass is 19.1. The zero-order chi connectivity index (χ0) is 17.3. The summed E-state index contributed by atoms with van der Waals surface area (Å²) in [5.41, 5.74) is 2.60. The SMILES string of the molecule is CC(C)(C)c1ncc(-c2ccc(F)cc2)c(-c2ccccc2O)n1. The maximum atomic E-state index is 13.2. The van der Waals surface area contributed by atoms with Gasteiger partial charge in [-0.1, -0.05) is 45.0 Å². The highest BCUT2D eigenvalue weighted by Crippen LogP contribution is 2.36. The molecule has 1 heterocycles. The molecule has 3 rings (SSSR count). The standard InChI is InChI=1S/C20H19FN2O/c1-20(2,3)19-22-12-16(13-8-10-14(21)11-9-13)18(23-19)15-6-4-5-7-17(15)24/h4-12,24H,1-3H3. The Morgan fingerprint density at radius 2 is 1.58 bits per heavy atom. The summed E-state index contributed by atoms with van der Waals surface area (Å²) in [5, 5.41) is 10.3. The largest absolute Gasteiger partial charge is 0.507 e. The summed E-state index contributed by atoms with van der Waals surface area (Å²) in [6, 6.07) is 13.2. The molecule has 0 aliphatic carbocycles. The van der Waals surface area contributed by atoms with Crippen LogP contribution in [0.3, 0.4) is 0 Å². The van der Waals surface area contributed by atoms with Crippen molar-refractivity contribution in [3.05, 3.63) is 66.4 Å². The molecule has 24 heavy (non-hydrogen) atoms. The Morgan fingerprint density at radius 3 is 2.21 bits per heavy atom. The molecule has 122 valence electrons. The first kappa shape index (κ1) is 16.1. The number of para-hydroxylation sites is 1. The van der Waals surface area contributed by atoms with Crippen LogP contribution in [-0.2, 0) is 5.41 Å². The van der Waals surface area contributed by atoms with Crippen molar-refractivity contribution in [2.24, 2.45) is 0 Å². The summed E-state index contributed by atoms with van der Waals surface area (Å²) in [7, 11) is 0. The molecule has 0 aliphatic rings. The van der Waals surface area contributed by atoms with Gasteiger partial charge in [-0.15, -0.1) is 0 Å². The van der Waals surface area contributed by atoms with Crippen LogP contribution in [0, 0.1) is 5.82 Å². The van der Waals surface area contributed by atoms with Crippen molar-refractivity contribution < 1.29 is 9.50 Å². The topological polar surface area (TPSA) is 46.0 Å². The average molecular weight is 322 g/mol. The smallest absolute Gasteiger partial charge is 0.134 e. The lowest BCUT2D eigenvalue weighted by Crippen LogP contribution is -2.16. The van der Waals surface area contributed by atoms with Gasteiger partial charge in [-0.2, -0.15) is 0 Å². The number of halogens is 1. The Kier molecular flexibility index (Phi) is 4.06. The summed E-state index contributed by atoms with van der Waals surface area (Å²) < 4.78 is 13.2. The number of phenols is 1. The number of hydrogen-bond donors (Lipinski definition) is 1. The molecule has 4 heteroatoms. The third-order valence-corrected chi connectivity index (χ3v) is 3.77. The van der Waals surface area contributed by atoms with Gasteiger partial charge in [-0.25, -0.2) is 14.4 Å². The van der Waals surface area contributed by atoms with Gasteiger partial charge < -0.3 is 5.11 Å². The first-order chi connectivity index (χ1) is 11.4. The molecular formula is C20H19FN2O. The van der Waals surface area contributed by atoms with Crippen molar-refractivity contribution in [3.63, 3.8) is 0 Å². The highest BCUT2D eigenvalue weighted by molar-refractivity contribution is 5.82. The van der Waals surface area contributed by atoms with E-state index in [9.17, 15) is 9.50 Å². The average Bonchev–Trinajstić information content (AvgIpc) is 2.55. The number of aromatic nitrogens is 2. The van der Waals surface area contributed by atoms with E-state index in [1.807, 2.05) is 32.9 Å². The second-order valence-corrected chi connectivity index (χ2v) is 6.73. The fraction of sp³-hybridized carbons (Fsp3) is 0.200. The Labute approximate surface area is 140 Å². The Balaban J connectivity index is 2.26. The molecule has 0 aliphatic heterocycles. The molecular weight excluding hydrogens is 303 g/mol. The van der Waals surface area contributed by atoms with Crippen LogP contribution in [-0.4, -0.2) is 15.1 Å². The second kappa shape index (κ2) is 6.04. The summed E-state index contributed by atoms with van der Waals surface area (Å²) >= 11 is 0. The van der Waals surface area contributed by atoms with Crippen LogP contribution < -0.4 is 0 Å². The molecule has 0 radical (unpaired) electrons. The van der Waals surface area contributed by atoms with Crippen LogP contribution in [0.2, 0.25) is 0 Å². The van der Waals surface area contributed by atoms with E-state index in [2.05, 4.69) is 4.98 Å². The van der Waals surface area contributed by atoms with E-state index in [1.165, 1.54) is 12.1 Å². The first-order valence-corrected chi connectivity index (χ1v) is 7.78. The molecule has 0 amide bonds. The number of benzene rings is 2. The number of aromatic hydroxyl groups is 1. The van der Waals surface area contributed by atoms with Crippen LogP contribution in [0.4, 0.5) is 4.39 Å². The van der Waals surface area contributed by atoms with Gasteiger partial charge in [0, 0.05) is 22.7 Å². The fourth-order valence-corrected chi connectivity index (χ4v) is 2.46. The maximum absolute atomic E-state index is 13.2. The van der Waals surface area contributed by atoms with E-state index in [4.69, 9.17) is 4.98 Å². The molecule has 3 nitrogen and oxygen atoms in total. The summed E-state index contributed by atoms with van der Waals surface area (Å²) in [6.07, 6.45) is 1.74. The van der Waals surface area contributed by atoms with Crippen molar-refractivity contribution in [2.75, 3.05) is 0 Å². The van der Waals surface area contributed by atoms with Crippen molar-refractivity contribution in [3.8, 4) is 28.1 Å². The Hall–Kier alpha value is -2.75. The minimum atomic E-state index is -0.296. The fourth-order valence-electron chi connectivity index (χ4n) is 2.46. The van der Waals surface area contributed by atoms with Crippen molar-refractivity contribution in [2.45, 2.75) is 26.2 Å². The molecule has 0 atom stereocenters. The van der Waals surface area contributed by atoms with E-state index in [1.54, 1.807) is 30.5 Å². The molecule has 1 aromatic heterocycles. The van der Waals surface area contributed by atoms with Gasteiger partial charge in [0.25, 0.3) is 0 Å². The summed E-state index contributed by atoms with van der Waals surface area (Å²) in [5.74, 6) is 0.543. The predicted molar refractivity (Wildman–Crippen MR) is 93.2 cm³/mol. The number of nitrogens with zero attached hydrogens (tertiary/aromatic N) is 2. The quantitative estimate of drug-likeness (QED) is 0.726. The molecule has 2 aromatic carbocycles. The van der Waals surface area contributed by atoms with Gasteiger partial charge in [0.2, 0.25) is 0 Å². The molecule has 3 aromatic rings. The van der Waals surface area contributed by atoms with Gasteiger partial charge in [0.15, 0.2) is 0 Å².